The molecule has 0 aliphatic carbocycles. The van der Waals surface area contributed by atoms with Crippen LogP contribution in [-0.4, -0.2) is 26.2 Å². The average molecular weight is 151 g/mol. The van der Waals surface area contributed by atoms with Crippen molar-refractivity contribution in [3.63, 3.8) is 0 Å². The molecule has 0 atom stereocenters. The summed E-state index contributed by atoms with van der Waals surface area (Å²) in [4.78, 5) is 2.22. The highest BCUT2D eigenvalue weighted by Gasteiger charge is 2.11. The first kappa shape index (κ1) is 6.73. The van der Waals surface area contributed by atoms with Gasteiger partial charge in [-0.25, -0.2) is 0 Å². The third-order valence-corrected chi connectivity index (χ3v) is 1.89. The molecule has 1 aliphatic rings. The van der Waals surface area contributed by atoms with Gasteiger partial charge < -0.3 is 14.6 Å². The van der Waals surface area contributed by atoms with Crippen LogP contribution in [0.5, 0.6) is 0 Å². The van der Waals surface area contributed by atoms with Gasteiger partial charge in [0.15, 0.2) is 12.1 Å². The summed E-state index contributed by atoms with van der Waals surface area (Å²) < 4.78 is 5.15. The standard InChI is InChI=1S/C8H11N2O/c1-2-8(11-7-1)10-5-3-9-4-6-10/h1-2,9H,3-6H2. The lowest BCUT2D eigenvalue weighted by Crippen LogP contribution is -2.43. The quantitative estimate of drug-likeness (QED) is 0.633. The third-order valence-electron chi connectivity index (χ3n) is 1.89. The molecule has 0 unspecified atom stereocenters. The van der Waals surface area contributed by atoms with E-state index in [0.29, 0.717) is 0 Å². The number of hydrogen-bond donors (Lipinski definition) is 1. The van der Waals surface area contributed by atoms with Crippen LogP contribution in [0.2, 0.25) is 0 Å². The number of piperazine rings is 1. The third kappa shape index (κ3) is 1.38. The first-order valence-corrected chi connectivity index (χ1v) is 3.88. The van der Waals surface area contributed by atoms with Gasteiger partial charge in [0.05, 0.1) is 0 Å². The Bertz CT molecular complexity index is 202. The van der Waals surface area contributed by atoms with E-state index in [-0.39, 0.29) is 0 Å². The first-order chi connectivity index (χ1) is 5.47. The van der Waals surface area contributed by atoms with Crippen LogP contribution in [0.1, 0.15) is 0 Å². The maximum absolute atomic E-state index is 5.15. The van der Waals surface area contributed by atoms with E-state index < -0.39 is 0 Å². The molecule has 3 nitrogen and oxygen atoms in total. The van der Waals surface area contributed by atoms with Gasteiger partial charge in [0.2, 0.25) is 0 Å². The fourth-order valence-electron chi connectivity index (χ4n) is 1.29. The van der Waals surface area contributed by atoms with Crippen LogP contribution in [0, 0.1) is 6.26 Å². The van der Waals surface area contributed by atoms with Gasteiger partial charge in [-0.3, -0.25) is 0 Å². The van der Waals surface area contributed by atoms with Gasteiger partial charge in [-0.05, 0) is 6.07 Å². The van der Waals surface area contributed by atoms with E-state index >= 15 is 0 Å². The largest absolute Gasteiger partial charge is 0.437 e. The lowest BCUT2D eigenvalue weighted by Gasteiger charge is -2.26. The molecule has 0 spiro atoms. The Kier molecular flexibility index (Phi) is 1.81. The topological polar surface area (TPSA) is 28.4 Å². The van der Waals surface area contributed by atoms with E-state index in [9.17, 15) is 0 Å². The Hall–Kier alpha value is -0.960. The number of furan rings is 1. The van der Waals surface area contributed by atoms with Crippen LogP contribution in [0.15, 0.2) is 16.5 Å². The maximum Gasteiger partial charge on any atom is 0.196 e. The highest BCUT2D eigenvalue weighted by atomic mass is 16.3. The van der Waals surface area contributed by atoms with Crippen molar-refractivity contribution < 1.29 is 4.42 Å². The molecule has 2 rings (SSSR count). The number of rotatable bonds is 1. The maximum atomic E-state index is 5.15. The van der Waals surface area contributed by atoms with Gasteiger partial charge in [-0.15, -0.1) is 0 Å². The van der Waals surface area contributed by atoms with Crippen LogP contribution in [0.25, 0.3) is 0 Å². The minimum absolute atomic E-state index is 0.937. The SMILES string of the molecule is [c]1ccc(N2CCNCC2)o1. The molecule has 11 heavy (non-hydrogen) atoms. The van der Waals surface area contributed by atoms with Crippen molar-refractivity contribution in [2.75, 3.05) is 31.1 Å². The van der Waals surface area contributed by atoms with Gasteiger partial charge >= 0.3 is 0 Å². The fourth-order valence-corrected chi connectivity index (χ4v) is 1.29. The Labute approximate surface area is 66.0 Å². The molecule has 3 heteroatoms. The van der Waals surface area contributed by atoms with E-state index in [0.717, 1.165) is 32.1 Å². The lowest BCUT2D eigenvalue weighted by atomic mass is 10.4. The van der Waals surface area contributed by atoms with Gasteiger partial charge in [0, 0.05) is 32.2 Å². The molecule has 59 valence electrons. The summed E-state index contributed by atoms with van der Waals surface area (Å²) in [5.41, 5.74) is 0. The molecule has 1 aromatic rings. The molecule has 0 aromatic carbocycles. The molecule has 0 bridgehead atoms. The molecular weight excluding hydrogens is 140 g/mol. The van der Waals surface area contributed by atoms with Crippen molar-refractivity contribution in [3.05, 3.63) is 18.4 Å². The van der Waals surface area contributed by atoms with Crippen molar-refractivity contribution in [1.29, 1.82) is 0 Å². The lowest BCUT2D eigenvalue weighted by molar-refractivity contribution is 0.503. The molecule has 1 aliphatic heterocycles. The summed E-state index contributed by atoms with van der Waals surface area (Å²) in [7, 11) is 0. The first-order valence-electron chi connectivity index (χ1n) is 3.88. The molecule has 1 radical (unpaired) electrons. The molecule has 1 aromatic heterocycles. The van der Waals surface area contributed by atoms with Crippen molar-refractivity contribution in [1.82, 2.24) is 5.32 Å². The van der Waals surface area contributed by atoms with E-state index in [1.54, 1.807) is 6.07 Å². The molecule has 0 saturated carbocycles. The molecule has 1 N–H and O–H groups in total. The van der Waals surface area contributed by atoms with Gasteiger partial charge in [-0.1, -0.05) is 0 Å². The molecule has 0 amide bonds. The van der Waals surface area contributed by atoms with Crippen molar-refractivity contribution in [3.8, 4) is 0 Å². The summed E-state index contributed by atoms with van der Waals surface area (Å²) in [6.07, 6.45) is 2.69. The highest BCUT2D eigenvalue weighted by molar-refractivity contribution is 5.34. The zero-order valence-electron chi connectivity index (χ0n) is 6.34. The summed E-state index contributed by atoms with van der Waals surface area (Å²) in [5, 5.41) is 3.28. The summed E-state index contributed by atoms with van der Waals surface area (Å²) in [5.74, 6) is 0.937. The second-order valence-electron chi connectivity index (χ2n) is 2.63. The minimum atomic E-state index is 0.937. The van der Waals surface area contributed by atoms with Crippen LogP contribution in [-0.2, 0) is 0 Å². The van der Waals surface area contributed by atoms with Gasteiger partial charge in [-0.2, -0.15) is 0 Å². The summed E-state index contributed by atoms with van der Waals surface area (Å²) in [6, 6.07) is 3.75. The number of anilines is 1. The highest BCUT2D eigenvalue weighted by Crippen LogP contribution is 2.13. The zero-order valence-corrected chi connectivity index (χ0v) is 6.34. The number of nitrogens with one attached hydrogen (secondary N) is 1. The van der Waals surface area contributed by atoms with Gasteiger partial charge in [0.1, 0.15) is 0 Å². The second-order valence-corrected chi connectivity index (χ2v) is 2.63. The Balaban J connectivity index is 2.04. The molecule has 2 heterocycles. The Morgan fingerprint density at radius 3 is 2.91 bits per heavy atom. The summed E-state index contributed by atoms with van der Waals surface area (Å²) >= 11 is 0. The van der Waals surface area contributed by atoms with E-state index in [2.05, 4.69) is 16.5 Å². The average Bonchev–Trinajstić information content (AvgIpc) is 2.58. The Morgan fingerprint density at radius 1 is 1.45 bits per heavy atom. The van der Waals surface area contributed by atoms with Crippen LogP contribution in [0.4, 0.5) is 5.88 Å². The van der Waals surface area contributed by atoms with E-state index in [1.165, 1.54) is 0 Å². The molecular formula is C8H11N2O. The fraction of sp³-hybridized carbons (Fsp3) is 0.500. The summed E-state index contributed by atoms with van der Waals surface area (Å²) in [6.45, 7) is 4.14. The Morgan fingerprint density at radius 2 is 2.27 bits per heavy atom. The monoisotopic (exact) mass is 151 g/mol. The predicted octanol–water partition coefficient (Wildman–Crippen LogP) is 0.489. The predicted molar refractivity (Wildman–Crippen MR) is 42.6 cm³/mol. The van der Waals surface area contributed by atoms with Crippen LogP contribution in [0.3, 0.4) is 0 Å². The normalized spacial score (nSPS) is 18.7. The van der Waals surface area contributed by atoms with E-state index in [4.69, 9.17) is 4.42 Å². The number of nitrogens with zero attached hydrogens (tertiary/aromatic N) is 1. The van der Waals surface area contributed by atoms with Crippen LogP contribution < -0.4 is 10.2 Å². The van der Waals surface area contributed by atoms with Crippen molar-refractivity contribution in [2.24, 2.45) is 0 Å². The molecule has 1 saturated heterocycles. The van der Waals surface area contributed by atoms with E-state index in [1.807, 2.05) is 6.07 Å². The second kappa shape index (κ2) is 2.96. The number of hydrogen-bond acceptors (Lipinski definition) is 3. The van der Waals surface area contributed by atoms with Crippen molar-refractivity contribution in [2.45, 2.75) is 0 Å². The minimum Gasteiger partial charge on any atom is -0.437 e. The van der Waals surface area contributed by atoms with Crippen LogP contribution >= 0.6 is 0 Å². The molecule has 1 fully saturated rings. The van der Waals surface area contributed by atoms with Gasteiger partial charge in [0.25, 0.3) is 0 Å². The van der Waals surface area contributed by atoms with Crippen molar-refractivity contribution >= 4 is 5.88 Å². The smallest absolute Gasteiger partial charge is 0.196 e. The zero-order chi connectivity index (χ0) is 7.52.